The van der Waals surface area contributed by atoms with Crippen molar-refractivity contribution in [1.82, 2.24) is 15.0 Å². The summed E-state index contributed by atoms with van der Waals surface area (Å²) in [5.74, 6) is -0.678. The third-order valence-electron chi connectivity index (χ3n) is 3.09. The number of carboxylic acid groups (broad SMARTS) is 1. The van der Waals surface area contributed by atoms with Crippen molar-refractivity contribution >= 4 is 5.97 Å². The normalized spacial score (nSPS) is 12.6. The number of nitrogens with zero attached hydrogens (tertiary/aromatic N) is 3. The smallest absolute Gasteiger partial charge is 0.320 e. The van der Waals surface area contributed by atoms with Gasteiger partial charge in [0.25, 0.3) is 0 Å². The van der Waals surface area contributed by atoms with Crippen LogP contribution in [0.2, 0.25) is 0 Å². The maximum absolute atomic E-state index is 10.7. The predicted molar refractivity (Wildman–Crippen MR) is 74.8 cm³/mol. The van der Waals surface area contributed by atoms with Gasteiger partial charge in [0.15, 0.2) is 0 Å². The fourth-order valence-electron chi connectivity index (χ4n) is 2.01. The van der Waals surface area contributed by atoms with Crippen LogP contribution in [0.1, 0.15) is 31.0 Å². The maximum atomic E-state index is 10.7. The topological polar surface area (TPSA) is 94.0 Å². The Bertz CT molecular complexity index is 607. The molecule has 0 aliphatic heterocycles. The molecule has 1 unspecified atom stereocenters. The SMILES string of the molecule is CC(C)c1ccccc1-n1cc(CC(N)C(=O)O)nn1. The van der Waals surface area contributed by atoms with Gasteiger partial charge in [0.2, 0.25) is 0 Å². The van der Waals surface area contributed by atoms with Crippen LogP contribution in [0, 0.1) is 0 Å². The third kappa shape index (κ3) is 3.03. The number of hydrogen-bond acceptors (Lipinski definition) is 4. The second-order valence-electron chi connectivity index (χ2n) is 5.02. The Hall–Kier alpha value is -2.21. The Kier molecular flexibility index (Phi) is 4.14. The molecule has 20 heavy (non-hydrogen) atoms. The molecule has 0 saturated heterocycles. The summed E-state index contributed by atoms with van der Waals surface area (Å²) in [5.41, 5.74) is 8.17. The molecule has 0 aliphatic carbocycles. The van der Waals surface area contributed by atoms with E-state index in [9.17, 15) is 4.79 Å². The quantitative estimate of drug-likeness (QED) is 0.858. The van der Waals surface area contributed by atoms with Gasteiger partial charge in [0, 0.05) is 6.42 Å². The molecule has 0 fully saturated rings. The second kappa shape index (κ2) is 5.83. The highest BCUT2D eigenvalue weighted by atomic mass is 16.4. The van der Waals surface area contributed by atoms with E-state index in [0.717, 1.165) is 11.3 Å². The molecule has 0 spiro atoms. The number of carboxylic acids is 1. The molecule has 3 N–H and O–H groups in total. The van der Waals surface area contributed by atoms with E-state index in [4.69, 9.17) is 10.8 Å². The van der Waals surface area contributed by atoms with Gasteiger partial charge in [-0.3, -0.25) is 4.79 Å². The highest BCUT2D eigenvalue weighted by Gasteiger charge is 2.15. The molecule has 1 heterocycles. The van der Waals surface area contributed by atoms with Gasteiger partial charge in [-0.05, 0) is 17.5 Å². The summed E-state index contributed by atoms with van der Waals surface area (Å²) in [6.07, 6.45) is 1.89. The minimum Gasteiger partial charge on any atom is -0.480 e. The molecule has 2 rings (SSSR count). The summed E-state index contributed by atoms with van der Waals surface area (Å²) in [4.78, 5) is 10.7. The Morgan fingerprint density at radius 1 is 1.40 bits per heavy atom. The molecular weight excluding hydrogens is 256 g/mol. The lowest BCUT2D eigenvalue weighted by atomic mass is 10.0. The number of para-hydroxylation sites is 1. The summed E-state index contributed by atoms with van der Waals surface area (Å²) in [6.45, 7) is 4.22. The number of rotatable bonds is 5. The lowest BCUT2D eigenvalue weighted by molar-refractivity contribution is -0.138. The van der Waals surface area contributed by atoms with Crippen molar-refractivity contribution in [3.8, 4) is 5.69 Å². The van der Waals surface area contributed by atoms with Gasteiger partial charge in [-0.15, -0.1) is 5.10 Å². The zero-order valence-corrected chi connectivity index (χ0v) is 11.5. The monoisotopic (exact) mass is 274 g/mol. The lowest BCUT2D eigenvalue weighted by Gasteiger charge is -2.11. The Labute approximate surface area is 117 Å². The van der Waals surface area contributed by atoms with Crippen LogP contribution in [0.3, 0.4) is 0 Å². The molecule has 0 aliphatic rings. The molecule has 0 bridgehead atoms. The molecule has 1 aromatic carbocycles. The van der Waals surface area contributed by atoms with Crippen LogP contribution in [0.15, 0.2) is 30.5 Å². The van der Waals surface area contributed by atoms with E-state index >= 15 is 0 Å². The van der Waals surface area contributed by atoms with Crippen LogP contribution in [0.4, 0.5) is 0 Å². The van der Waals surface area contributed by atoms with E-state index < -0.39 is 12.0 Å². The van der Waals surface area contributed by atoms with Gasteiger partial charge in [-0.1, -0.05) is 37.3 Å². The van der Waals surface area contributed by atoms with E-state index in [1.807, 2.05) is 24.3 Å². The average Bonchev–Trinajstić information content (AvgIpc) is 2.87. The van der Waals surface area contributed by atoms with Gasteiger partial charge in [0.1, 0.15) is 6.04 Å². The maximum Gasteiger partial charge on any atom is 0.320 e. The van der Waals surface area contributed by atoms with Gasteiger partial charge in [0.05, 0.1) is 17.6 Å². The van der Waals surface area contributed by atoms with Gasteiger partial charge >= 0.3 is 5.97 Å². The largest absolute Gasteiger partial charge is 0.480 e. The van der Waals surface area contributed by atoms with E-state index in [0.29, 0.717) is 11.6 Å². The third-order valence-corrected chi connectivity index (χ3v) is 3.09. The first-order valence-electron chi connectivity index (χ1n) is 6.48. The first-order chi connectivity index (χ1) is 9.49. The van der Waals surface area contributed by atoms with E-state index in [1.165, 1.54) is 0 Å². The van der Waals surface area contributed by atoms with Gasteiger partial charge in [-0.2, -0.15) is 0 Å². The molecule has 6 heteroatoms. The molecule has 1 atom stereocenters. The molecular formula is C14H18N4O2. The zero-order chi connectivity index (χ0) is 14.7. The minimum atomic E-state index is -1.04. The fourth-order valence-corrected chi connectivity index (χ4v) is 2.01. The Morgan fingerprint density at radius 2 is 2.10 bits per heavy atom. The van der Waals surface area contributed by atoms with E-state index in [-0.39, 0.29) is 6.42 Å². The molecule has 6 nitrogen and oxygen atoms in total. The van der Waals surface area contributed by atoms with Crippen LogP contribution >= 0.6 is 0 Å². The van der Waals surface area contributed by atoms with Crippen LogP contribution in [0.5, 0.6) is 0 Å². The van der Waals surface area contributed by atoms with Gasteiger partial charge < -0.3 is 10.8 Å². The molecule has 0 radical (unpaired) electrons. The zero-order valence-electron chi connectivity index (χ0n) is 11.5. The van der Waals surface area contributed by atoms with Crippen molar-refractivity contribution in [2.75, 3.05) is 0 Å². The van der Waals surface area contributed by atoms with Crippen molar-refractivity contribution in [3.63, 3.8) is 0 Å². The summed E-state index contributed by atoms with van der Waals surface area (Å²) >= 11 is 0. The Morgan fingerprint density at radius 3 is 2.75 bits per heavy atom. The second-order valence-corrected chi connectivity index (χ2v) is 5.02. The highest BCUT2D eigenvalue weighted by molar-refractivity contribution is 5.73. The molecule has 106 valence electrons. The summed E-state index contributed by atoms with van der Waals surface area (Å²) in [7, 11) is 0. The number of benzene rings is 1. The molecule has 1 aromatic heterocycles. The lowest BCUT2D eigenvalue weighted by Crippen LogP contribution is -2.32. The van der Waals surface area contributed by atoms with Crippen molar-refractivity contribution < 1.29 is 9.90 Å². The van der Waals surface area contributed by atoms with Crippen molar-refractivity contribution in [2.45, 2.75) is 32.2 Å². The summed E-state index contributed by atoms with van der Waals surface area (Å²) in [6, 6.07) is 6.97. The molecule has 0 saturated carbocycles. The highest BCUT2D eigenvalue weighted by Crippen LogP contribution is 2.22. The average molecular weight is 274 g/mol. The minimum absolute atomic E-state index is 0.166. The number of aliphatic carboxylic acids is 1. The number of aromatic nitrogens is 3. The molecule has 0 amide bonds. The van der Waals surface area contributed by atoms with Crippen LogP contribution in [-0.2, 0) is 11.2 Å². The van der Waals surface area contributed by atoms with Crippen LogP contribution in [-0.4, -0.2) is 32.1 Å². The van der Waals surface area contributed by atoms with Gasteiger partial charge in [-0.25, -0.2) is 4.68 Å². The summed E-state index contributed by atoms with van der Waals surface area (Å²) < 4.78 is 1.67. The van der Waals surface area contributed by atoms with Crippen LogP contribution in [0.25, 0.3) is 5.69 Å². The van der Waals surface area contributed by atoms with Crippen molar-refractivity contribution in [2.24, 2.45) is 5.73 Å². The Balaban J connectivity index is 2.27. The molecule has 2 aromatic rings. The first-order valence-corrected chi connectivity index (χ1v) is 6.48. The van der Waals surface area contributed by atoms with E-state index in [2.05, 4.69) is 24.2 Å². The van der Waals surface area contributed by atoms with Crippen molar-refractivity contribution in [1.29, 1.82) is 0 Å². The number of nitrogens with two attached hydrogens (primary N) is 1. The predicted octanol–water partition coefficient (Wildman–Crippen LogP) is 1.35. The number of carbonyl (C=O) groups is 1. The summed E-state index contributed by atoms with van der Waals surface area (Å²) in [5, 5.41) is 16.8. The van der Waals surface area contributed by atoms with Crippen LogP contribution < -0.4 is 5.73 Å². The number of hydrogen-bond donors (Lipinski definition) is 2. The fraction of sp³-hybridized carbons (Fsp3) is 0.357. The first kappa shape index (κ1) is 14.2. The van der Waals surface area contributed by atoms with Crippen molar-refractivity contribution in [3.05, 3.63) is 41.7 Å². The van der Waals surface area contributed by atoms with E-state index in [1.54, 1.807) is 10.9 Å². The standard InChI is InChI=1S/C14H18N4O2/c1-9(2)11-5-3-4-6-13(11)18-8-10(16-17-18)7-12(15)14(19)20/h3-6,8-9,12H,7,15H2,1-2H3,(H,19,20).